The Bertz CT molecular complexity index is 384. The Morgan fingerprint density at radius 1 is 1.55 bits per heavy atom. The molecule has 0 bridgehead atoms. The fourth-order valence-electron chi connectivity index (χ4n) is 0.842. The number of rotatable bonds is 1. The Labute approximate surface area is 66.3 Å². The van der Waals surface area contributed by atoms with Crippen LogP contribution in [0.5, 0.6) is 0 Å². The summed E-state index contributed by atoms with van der Waals surface area (Å²) in [5, 5.41) is 6.42. The molecule has 0 fully saturated rings. The monoisotopic (exact) mass is 167 g/mol. The van der Waals surface area contributed by atoms with Crippen LogP contribution in [0.25, 0.3) is 11.3 Å². The SMILES string of the molecule is O=c1cc(-c2ccsc2)[nH]o1. The third-order valence-corrected chi connectivity index (χ3v) is 2.04. The summed E-state index contributed by atoms with van der Waals surface area (Å²) >= 11 is 1.58. The minimum Gasteiger partial charge on any atom is -0.339 e. The van der Waals surface area contributed by atoms with Crippen molar-refractivity contribution in [2.45, 2.75) is 0 Å². The highest BCUT2D eigenvalue weighted by Gasteiger charge is 2.00. The van der Waals surface area contributed by atoms with Crippen molar-refractivity contribution in [2.75, 3.05) is 0 Å². The minimum atomic E-state index is -0.341. The zero-order chi connectivity index (χ0) is 7.68. The molecule has 0 aliphatic rings. The van der Waals surface area contributed by atoms with Crippen molar-refractivity contribution in [3.63, 3.8) is 0 Å². The average Bonchev–Trinajstić information content (AvgIpc) is 2.55. The molecule has 2 rings (SSSR count). The van der Waals surface area contributed by atoms with Crippen LogP contribution >= 0.6 is 11.3 Å². The Balaban J connectivity index is 2.53. The minimum absolute atomic E-state index is 0.341. The van der Waals surface area contributed by atoms with E-state index in [1.807, 2.05) is 16.8 Å². The number of H-pyrrole nitrogens is 1. The summed E-state index contributed by atoms with van der Waals surface area (Å²) in [4.78, 5) is 10.6. The van der Waals surface area contributed by atoms with Crippen LogP contribution in [0.3, 0.4) is 0 Å². The van der Waals surface area contributed by atoms with Crippen LogP contribution in [0.2, 0.25) is 0 Å². The Hall–Kier alpha value is -1.29. The maximum absolute atomic E-state index is 10.6. The smallest absolute Gasteiger partial charge is 0.339 e. The second-order valence-electron chi connectivity index (χ2n) is 2.09. The van der Waals surface area contributed by atoms with E-state index in [1.54, 1.807) is 11.3 Å². The van der Waals surface area contributed by atoms with Gasteiger partial charge in [0.2, 0.25) is 0 Å². The molecule has 0 aliphatic heterocycles. The lowest BCUT2D eigenvalue weighted by molar-refractivity contribution is 0.394. The second kappa shape index (κ2) is 2.39. The van der Waals surface area contributed by atoms with Gasteiger partial charge in [0.1, 0.15) is 0 Å². The summed E-state index contributed by atoms with van der Waals surface area (Å²) in [6, 6.07) is 3.35. The normalized spacial score (nSPS) is 10.2. The lowest BCUT2D eigenvalue weighted by Gasteiger charge is -1.84. The van der Waals surface area contributed by atoms with Crippen molar-refractivity contribution in [1.82, 2.24) is 5.16 Å². The molecule has 2 aromatic heterocycles. The Morgan fingerprint density at radius 3 is 3.00 bits per heavy atom. The van der Waals surface area contributed by atoms with E-state index < -0.39 is 0 Å². The van der Waals surface area contributed by atoms with Crippen LogP contribution in [-0.2, 0) is 0 Å². The lowest BCUT2D eigenvalue weighted by atomic mass is 10.2. The molecule has 0 aliphatic carbocycles. The van der Waals surface area contributed by atoms with E-state index in [4.69, 9.17) is 0 Å². The van der Waals surface area contributed by atoms with Gasteiger partial charge in [0.25, 0.3) is 0 Å². The second-order valence-corrected chi connectivity index (χ2v) is 2.87. The maximum atomic E-state index is 10.6. The van der Waals surface area contributed by atoms with E-state index in [9.17, 15) is 4.79 Å². The molecule has 0 saturated heterocycles. The average molecular weight is 167 g/mol. The maximum Gasteiger partial charge on any atom is 0.357 e. The van der Waals surface area contributed by atoms with Crippen molar-refractivity contribution in [2.24, 2.45) is 0 Å². The standard InChI is InChI=1S/C7H5NO2S/c9-7-3-6(8-10-7)5-1-2-11-4-5/h1-4,8H. The van der Waals surface area contributed by atoms with E-state index in [1.165, 1.54) is 6.07 Å². The number of nitrogens with one attached hydrogen (secondary N) is 1. The molecule has 11 heavy (non-hydrogen) atoms. The van der Waals surface area contributed by atoms with Gasteiger partial charge in [-0.25, -0.2) is 9.95 Å². The van der Waals surface area contributed by atoms with Gasteiger partial charge in [-0.3, -0.25) is 0 Å². The van der Waals surface area contributed by atoms with Crippen LogP contribution in [0.15, 0.2) is 32.2 Å². The Kier molecular flexibility index (Phi) is 1.40. The Morgan fingerprint density at radius 2 is 2.45 bits per heavy atom. The van der Waals surface area contributed by atoms with Gasteiger partial charge in [-0.2, -0.15) is 11.3 Å². The van der Waals surface area contributed by atoms with Gasteiger partial charge >= 0.3 is 5.63 Å². The molecular weight excluding hydrogens is 162 g/mol. The summed E-state index contributed by atoms with van der Waals surface area (Å²) in [5.74, 6) is 0. The van der Waals surface area contributed by atoms with E-state index in [-0.39, 0.29) is 5.63 Å². The van der Waals surface area contributed by atoms with E-state index in [0.29, 0.717) is 0 Å². The van der Waals surface area contributed by atoms with Crippen LogP contribution in [0.1, 0.15) is 0 Å². The van der Waals surface area contributed by atoms with Crippen molar-refractivity contribution >= 4 is 11.3 Å². The van der Waals surface area contributed by atoms with Crippen molar-refractivity contribution in [3.05, 3.63) is 33.3 Å². The number of thiophene rings is 1. The molecule has 56 valence electrons. The van der Waals surface area contributed by atoms with Crippen molar-refractivity contribution < 1.29 is 4.52 Å². The van der Waals surface area contributed by atoms with Gasteiger partial charge in [-0.05, 0) is 11.4 Å². The fraction of sp³-hybridized carbons (Fsp3) is 0. The molecule has 0 amide bonds. The van der Waals surface area contributed by atoms with Gasteiger partial charge in [-0.1, -0.05) is 0 Å². The summed E-state index contributed by atoms with van der Waals surface area (Å²) in [6.45, 7) is 0. The summed E-state index contributed by atoms with van der Waals surface area (Å²) < 4.78 is 4.51. The zero-order valence-electron chi connectivity index (χ0n) is 5.53. The number of aromatic amines is 1. The molecule has 1 N–H and O–H groups in total. The van der Waals surface area contributed by atoms with Crippen LogP contribution < -0.4 is 5.63 Å². The molecule has 0 radical (unpaired) electrons. The van der Waals surface area contributed by atoms with Crippen LogP contribution in [-0.4, -0.2) is 5.16 Å². The number of hydrogen-bond donors (Lipinski definition) is 1. The molecule has 0 unspecified atom stereocenters. The molecule has 2 heterocycles. The first-order chi connectivity index (χ1) is 5.36. The zero-order valence-corrected chi connectivity index (χ0v) is 6.35. The first-order valence-corrected chi connectivity index (χ1v) is 4.01. The van der Waals surface area contributed by atoms with Crippen molar-refractivity contribution in [3.8, 4) is 11.3 Å². The van der Waals surface area contributed by atoms with Gasteiger partial charge in [0.05, 0.1) is 11.8 Å². The third kappa shape index (κ3) is 1.12. The first kappa shape index (κ1) is 6.42. The van der Waals surface area contributed by atoms with Crippen LogP contribution in [0, 0.1) is 0 Å². The molecule has 0 atom stereocenters. The van der Waals surface area contributed by atoms with Gasteiger partial charge < -0.3 is 4.52 Å². The van der Waals surface area contributed by atoms with Gasteiger partial charge in [0, 0.05) is 10.9 Å². The highest BCUT2D eigenvalue weighted by atomic mass is 32.1. The van der Waals surface area contributed by atoms with E-state index in [0.717, 1.165) is 11.3 Å². The predicted octanol–water partition coefficient (Wildman–Crippen LogP) is 1.70. The van der Waals surface area contributed by atoms with Gasteiger partial charge in [-0.15, -0.1) is 0 Å². The highest BCUT2D eigenvalue weighted by Crippen LogP contribution is 2.17. The van der Waals surface area contributed by atoms with Crippen LogP contribution in [0.4, 0.5) is 0 Å². The highest BCUT2D eigenvalue weighted by molar-refractivity contribution is 7.08. The first-order valence-electron chi connectivity index (χ1n) is 3.07. The molecular formula is C7H5NO2S. The molecule has 0 saturated carbocycles. The predicted molar refractivity (Wildman–Crippen MR) is 42.6 cm³/mol. The lowest BCUT2D eigenvalue weighted by Crippen LogP contribution is -1.85. The van der Waals surface area contributed by atoms with E-state index in [2.05, 4.69) is 9.68 Å². The molecule has 2 aromatic rings. The summed E-state index contributed by atoms with van der Waals surface area (Å²) in [7, 11) is 0. The third-order valence-electron chi connectivity index (χ3n) is 1.36. The summed E-state index contributed by atoms with van der Waals surface area (Å²) in [5.41, 5.74) is 1.38. The van der Waals surface area contributed by atoms with Crippen molar-refractivity contribution in [1.29, 1.82) is 0 Å². The fourth-order valence-corrected chi connectivity index (χ4v) is 1.50. The topological polar surface area (TPSA) is 46.0 Å². The van der Waals surface area contributed by atoms with E-state index >= 15 is 0 Å². The van der Waals surface area contributed by atoms with Gasteiger partial charge in [0.15, 0.2) is 0 Å². The number of aromatic nitrogens is 1. The summed E-state index contributed by atoms with van der Waals surface area (Å²) in [6.07, 6.45) is 0. The molecule has 4 heteroatoms. The largest absolute Gasteiger partial charge is 0.357 e. The number of hydrogen-bond acceptors (Lipinski definition) is 3. The molecule has 3 nitrogen and oxygen atoms in total. The molecule has 0 spiro atoms. The molecule has 0 aromatic carbocycles. The quantitative estimate of drug-likeness (QED) is 0.702.